The minimum Gasteiger partial charge on any atom is -0.344 e. The molecule has 2 aromatic rings. The predicted molar refractivity (Wildman–Crippen MR) is 115 cm³/mol. The van der Waals surface area contributed by atoms with E-state index in [0.717, 1.165) is 0 Å². The molecule has 2 heterocycles. The second-order valence-corrected chi connectivity index (χ2v) is 8.39. The molecule has 0 aliphatic carbocycles. The van der Waals surface area contributed by atoms with E-state index < -0.39 is 0 Å². The van der Waals surface area contributed by atoms with Gasteiger partial charge in [-0.2, -0.15) is 0 Å². The minimum atomic E-state index is -0.240. The van der Waals surface area contributed by atoms with Gasteiger partial charge >= 0.3 is 0 Å². The zero-order valence-electron chi connectivity index (χ0n) is 17.1. The van der Waals surface area contributed by atoms with E-state index in [4.69, 9.17) is 0 Å². The zero-order valence-corrected chi connectivity index (χ0v) is 17.1. The number of allylic oxidation sites excluding steroid dienone is 2. The van der Waals surface area contributed by atoms with Gasteiger partial charge in [-0.25, -0.2) is 4.39 Å². The first-order chi connectivity index (χ1) is 13.5. The molecular weight excluding hydrogens is 347 g/mol. The number of rotatable bonds is 4. The first kappa shape index (κ1) is 18.8. The minimum absolute atomic E-state index is 0.0145. The maximum atomic E-state index is 14.8. The average molecular weight is 377 g/mol. The lowest BCUT2D eigenvalue weighted by Gasteiger charge is -2.36. The molecule has 2 aromatic carbocycles. The maximum absolute atomic E-state index is 14.8. The van der Waals surface area contributed by atoms with E-state index >= 15 is 0 Å². The SMILES string of the molecule is CC(C)c1cccc(C(C)C)c1N1CC2C(F)=CC=CN2C1c1ccccc1. The summed E-state index contributed by atoms with van der Waals surface area (Å²) in [4.78, 5) is 4.60. The van der Waals surface area contributed by atoms with Crippen molar-refractivity contribution in [3.8, 4) is 0 Å². The maximum Gasteiger partial charge on any atom is 0.128 e. The van der Waals surface area contributed by atoms with Gasteiger partial charge in [-0.15, -0.1) is 0 Å². The van der Waals surface area contributed by atoms with Crippen LogP contribution in [0.5, 0.6) is 0 Å². The lowest BCUT2D eigenvalue weighted by atomic mass is 9.91. The summed E-state index contributed by atoms with van der Waals surface area (Å²) in [5.74, 6) is 0.747. The van der Waals surface area contributed by atoms with Crippen molar-refractivity contribution in [1.29, 1.82) is 0 Å². The van der Waals surface area contributed by atoms with E-state index in [0.29, 0.717) is 18.4 Å². The van der Waals surface area contributed by atoms with Crippen molar-refractivity contribution in [3.05, 3.63) is 89.4 Å². The number of fused-ring (bicyclic) bond motifs is 1. The van der Waals surface area contributed by atoms with Crippen molar-refractivity contribution < 1.29 is 4.39 Å². The Morgan fingerprint density at radius 3 is 2.14 bits per heavy atom. The largest absolute Gasteiger partial charge is 0.344 e. The molecule has 2 aliphatic rings. The molecule has 0 bridgehead atoms. The fourth-order valence-corrected chi connectivity index (χ4v) is 4.51. The van der Waals surface area contributed by atoms with Crippen LogP contribution in [0.3, 0.4) is 0 Å². The highest BCUT2D eigenvalue weighted by atomic mass is 19.1. The van der Waals surface area contributed by atoms with Crippen LogP contribution in [0, 0.1) is 0 Å². The highest BCUT2D eigenvalue weighted by molar-refractivity contribution is 5.64. The molecule has 1 fully saturated rings. The third kappa shape index (κ3) is 3.13. The summed E-state index contributed by atoms with van der Waals surface area (Å²) in [5.41, 5.74) is 5.13. The van der Waals surface area contributed by atoms with E-state index in [1.54, 1.807) is 6.08 Å². The van der Waals surface area contributed by atoms with Gasteiger partial charge in [0.1, 0.15) is 18.0 Å². The lowest BCUT2D eigenvalue weighted by molar-refractivity contribution is 0.277. The van der Waals surface area contributed by atoms with Crippen molar-refractivity contribution in [2.45, 2.75) is 51.7 Å². The van der Waals surface area contributed by atoms with Crippen LogP contribution in [0.15, 0.2) is 72.7 Å². The van der Waals surface area contributed by atoms with Crippen molar-refractivity contribution in [1.82, 2.24) is 4.90 Å². The Morgan fingerprint density at radius 2 is 1.54 bits per heavy atom. The molecule has 4 rings (SSSR count). The highest BCUT2D eigenvalue weighted by Gasteiger charge is 2.43. The quantitative estimate of drug-likeness (QED) is 0.600. The Hall–Kier alpha value is -2.55. The summed E-state index contributed by atoms with van der Waals surface area (Å²) in [6, 6.07) is 16.9. The second-order valence-electron chi connectivity index (χ2n) is 8.39. The Morgan fingerprint density at radius 1 is 0.893 bits per heavy atom. The topological polar surface area (TPSA) is 6.48 Å². The third-order valence-corrected chi connectivity index (χ3v) is 5.87. The molecule has 0 aromatic heterocycles. The number of benzene rings is 2. The number of nitrogens with zero attached hydrogens (tertiary/aromatic N) is 2. The van der Waals surface area contributed by atoms with Gasteiger partial charge in [0.25, 0.3) is 0 Å². The zero-order chi connectivity index (χ0) is 19.8. The first-order valence-corrected chi connectivity index (χ1v) is 10.2. The Labute approximate surface area is 168 Å². The van der Waals surface area contributed by atoms with E-state index in [1.807, 2.05) is 18.3 Å². The molecule has 0 amide bonds. The average Bonchev–Trinajstić information content (AvgIpc) is 3.08. The predicted octanol–water partition coefficient (Wildman–Crippen LogP) is 6.50. The van der Waals surface area contributed by atoms with Crippen molar-refractivity contribution >= 4 is 5.69 Å². The Balaban J connectivity index is 1.91. The fourth-order valence-electron chi connectivity index (χ4n) is 4.51. The molecule has 3 heteroatoms. The Kier molecular flexibility index (Phi) is 5.01. The van der Waals surface area contributed by atoms with Gasteiger partial charge in [-0.05, 0) is 40.7 Å². The third-order valence-electron chi connectivity index (χ3n) is 5.87. The van der Waals surface area contributed by atoms with Gasteiger partial charge in [0, 0.05) is 18.4 Å². The Bertz CT molecular complexity index is 872. The molecule has 2 aliphatic heterocycles. The van der Waals surface area contributed by atoms with Crippen LogP contribution in [0.25, 0.3) is 0 Å². The smallest absolute Gasteiger partial charge is 0.128 e. The number of hydrogen-bond acceptors (Lipinski definition) is 2. The monoisotopic (exact) mass is 376 g/mol. The summed E-state index contributed by atoms with van der Waals surface area (Å²) in [6.45, 7) is 9.61. The van der Waals surface area contributed by atoms with Gasteiger partial charge in [-0.1, -0.05) is 76.2 Å². The van der Waals surface area contributed by atoms with Gasteiger partial charge in [0.05, 0.1) is 0 Å². The number of hydrogen-bond donors (Lipinski definition) is 0. The van der Waals surface area contributed by atoms with E-state index in [-0.39, 0.29) is 18.0 Å². The number of para-hydroxylation sites is 1. The van der Waals surface area contributed by atoms with Gasteiger partial charge < -0.3 is 9.80 Å². The second kappa shape index (κ2) is 7.46. The molecule has 146 valence electrons. The normalized spacial score (nSPS) is 21.5. The first-order valence-electron chi connectivity index (χ1n) is 10.2. The summed E-state index contributed by atoms with van der Waals surface area (Å²) in [7, 11) is 0. The molecule has 0 saturated carbocycles. The van der Waals surface area contributed by atoms with Crippen molar-refractivity contribution in [2.24, 2.45) is 0 Å². The fraction of sp³-hybridized carbons (Fsp3) is 0.360. The van der Waals surface area contributed by atoms with Gasteiger partial charge in [0.2, 0.25) is 0 Å². The van der Waals surface area contributed by atoms with Crippen LogP contribution in [-0.4, -0.2) is 17.5 Å². The van der Waals surface area contributed by atoms with Crippen LogP contribution in [0.2, 0.25) is 0 Å². The summed E-state index contributed by atoms with van der Waals surface area (Å²) in [6.07, 6.45) is 5.45. The molecule has 0 spiro atoms. The van der Waals surface area contributed by atoms with Crippen LogP contribution in [0.1, 0.15) is 62.4 Å². The molecule has 1 saturated heterocycles. The van der Waals surface area contributed by atoms with Crippen LogP contribution >= 0.6 is 0 Å². The number of halogens is 1. The molecule has 28 heavy (non-hydrogen) atoms. The summed E-state index contributed by atoms with van der Waals surface area (Å²) >= 11 is 0. The van der Waals surface area contributed by atoms with E-state index in [1.165, 1.54) is 22.4 Å². The number of anilines is 1. The molecular formula is C25H29FN2. The molecule has 0 N–H and O–H groups in total. The van der Waals surface area contributed by atoms with Crippen LogP contribution < -0.4 is 4.90 Å². The molecule has 0 radical (unpaired) electrons. The standard InChI is InChI=1S/C25H29FN2/c1-17(2)20-12-8-13-21(18(3)4)24(20)28-16-23-22(26)14-9-15-27(23)25(28)19-10-6-5-7-11-19/h5-15,17-18,23,25H,16H2,1-4H3. The molecule has 2 unspecified atom stereocenters. The lowest BCUT2D eigenvalue weighted by Crippen LogP contribution is -2.31. The highest BCUT2D eigenvalue weighted by Crippen LogP contribution is 2.46. The van der Waals surface area contributed by atoms with E-state index in [2.05, 4.69) is 80.0 Å². The van der Waals surface area contributed by atoms with Gasteiger partial charge in [-0.3, -0.25) is 0 Å². The van der Waals surface area contributed by atoms with Crippen molar-refractivity contribution in [3.63, 3.8) is 0 Å². The molecule has 2 nitrogen and oxygen atoms in total. The van der Waals surface area contributed by atoms with Crippen LogP contribution in [0.4, 0.5) is 10.1 Å². The summed E-state index contributed by atoms with van der Waals surface area (Å²) < 4.78 is 14.8. The van der Waals surface area contributed by atoms with E-state index in [9.17, 15) is 4.39 Å². The van der Waals surface area contributed by atoms with Gasteiger partial charge in [0.15, 0.2) is 0 Å². The van der Waals surface area contributed by atoms with Crippen molar-refractivity contribution in [2.75, 3.05) is 11.4 Å². The van der Waals surface area contributed by atoms with Crippen LogP contribution in [-0.2, 0) is 0 Å². The summed E-state index contributed by atoms with van der Waals surface area (Å²) in [5, 5.41) is 0. The molecule has 2 atom stereocenters.